The van der Waals surface area contributed by atoms with Crippen molar-refractivity contribution in [1.82, 2.24) is 15.1 Å². The zero-order valence-corrected chi connectivity index (χ0v) is 18.5. The van der Waals surface area contributed by atoms with E-state index in [-0.39, 0.29) is 5.92 Å². The molecule has 1 aromatic rings. The maximum atomic E-state index is 13.3. The summed E-state index contributed by atoms with van der Waals surface area (Å²) < 4.78 is 5.58. The largest absolute Gasteiger partial charge is 0.381 e. The highest BCUT2D eigenvalue weighted by molar-refractivity contribution is 5.78. The lowest BCUT2D eigenvalue weighted by Gasteiger charge is -2.36. The monoisotopic (exact) mass is 401 g/mol. The Bertz CT molecular complexity index is 616. The standard InChI is InChI=1S/C24H39N3O2/c1-19(2)25-22-10-9-21(17-27(18-22)23-12-15-29-16-13-23)24(28)26(3)14-11-20-7-5-4-6-8-20/h4-8,19,21-23,25H,9-18H2,1-3H3/t21-,22+/m1/s1. The van der Waals surface area contributed by atoms with Crippen molar-refractivity contribution in [1.29, 1.82) is 0 Å². The summed E-state index contributed by atoms with van der Waals surface area (Å²) in [5, 5.41) is 3.73. The van der Waals surface area contributed by atoms with Gasteiger partial charge >= 0.3 is 0 Å². The normalized spacial score (nSPS) is 24.4. The zero-order valence-electron chi connectivity index (χ0n) is 18.5. The van der Waals surface area contributed by atoms with Gasteiger partial charge in [0.1, 0.15) is 0 Å². The molecule has 2 heterocycles. The highest BCUT2D eigenvalue weighted by atomic mass is 16.5. The quantitative estimate of drug-likeness (QED) is 0.763. The molecule has 2 aliphatic rings. The second kappa shape index (κ2) is 11.1. The Morgan fingerprint density at radius 2 is 1.86 bits per heavy atom. The van der Waals surface area contributed by atoms with Gasteiger partial charge in [-0.05, 0) is 37.7 Å². The van der Waals surface area contributed by atoms with Crippen molar-refractivity contribution < 1.29 is 9.53 Å². The van der Waals surface area contributed by atoms with Crippen LogP contribution in [0.1, 0.15) is 45.1 Å². The van der Waals surface area contributed by atoms with E-state index in [9.17, 15) is 4.79 Å². The molecule has 29 heavy (non-hydrogen) atoms. The first-order valence-electron chi connectivity index (χ1n) is 11.4. The van der Waals surface area contributed by atoms with Crippen molar-refractivity contribution in [3.05, 3.63) is 35.9 Å². The first-order chi connectivity index (χ1) is 14.0. The van der Waals surface area contributed by atoms with Crippen LogP contribution in [0.2, 0.25) is 0 Å². The molecule has 2 saturated heterocycles. The third kappa shape index (κ3) is 6.80. The molecule has 2 atom stereocenters. The van der Waals surface area contributed by atoms with Gasteiger partial charge in [0.05, 0.1) is 5.92 Å². The molecule has 1 N–H and O–H groups in total. The minimum atomic E-state index is 0.0950. The summed E-state index contributed by atoms with van der Waals surface area (Å²) in [4.78, 5) is 17.8. The third-order valence-electron chi connectivity index (χ3n) is 6.35. The first-order valence-corrected chi connectivity index (χ1v) is 11.4. The van der Waals surface area contributed by atoms with Crippen LogP contribution in [-0.2, 0) is 16.0 Å². The van der Waals surface area contributed by atoms with Crippen molar-refractivity contribution >= 4 is 5.91 Å². The fraction of sp³-hybridized carbons (Fsp3) is 0.708. The lowest BCUT2D eigenvalue weighted by atomic mass is 9.99. The maximum Gasteiger partial charge on any atom is 0.226 e. The predicted octanol–water partition coefficient (Wildman–Crippen LogP) is 2.95. The van der Waals surface area contributed by atoms with Crippen molar-refractivity contribution in [2.75, 3.05) is 39.9 Å². The van der Waals surface area contributed by atoms with E-state index < -0.39 is 0 Å². The van der Waals surface area contributed by atoms with Crippen molar-refractivity contribution in [3.63, 3.8) is 0 Å². The van der Waals surface area contributed by atoms with E-state index in [4.69, 9.17) is 4.74 Å². The number of hydrogen-bond acceptors (Lipinski definition) is 4. The number of nitrogens with one attached hydrogen (secondary N) is 1. The zero-order chi connectivity index (χ0) is 20.6. The molecule has 0 aromatic heterocycles. The van der Waals surface area contributed by atoms with E-state index in [1.165, 1.54) is 5.56 Å². The molecule has 0 unspecified atom stereocenters. The number of rotatable bonds is 7. The van der Waals surface area contributed by atoms with E-state index in [0.717, 1.165) is 65.0 Å². The topological polar surface area (TPSA) is 44.8 Å². The van der Waals surface area contributed by atoms with Gasteiger partial charge in [-0.1, -0.05) is 44.2 Å². The number of amides is 1. The van der Waals surface area contributed by atoms with Crippen LogP contribution in [0.5, 0.6) is 0 Å². The predicted molar refractivity (Wildman–Crippen MR) is 118 cm³/mol. The summed E-state index contributed by atoms with van der Waals surface area (Å²) >= 11 is 0. The van der Waals surface area contributed by atoms with Crippen LogP contribution in [0.15, 0.2) is 30.3 Å². The number of hydrogen-bond donors (Lipinski definition) is 1. The van der Waals surface area contributed by atoms with Gasteiger partial charge in [-0.25, -0.2) is 0 Å². The minimum absolute atomic E-state index is 0.0950. The molecular weight excluding hydrogens is 362 g/mol. The molecule has 2 fully saturated rings. The maximum absolute atomic E-state index is 13.3. The Labute approximate surface area is 176 Å². The average molecular weight is 402 g/mol. The van der Waals surface area contributed by atoms with Crippen LogP contribution >= 0.6 is 0 Å². The number of ether oxygens (including phenoxy) is 1. The third-order valence-corrected chi connectivity index (χ3v) is 6.35. The molecule has 3 rings (SSSR count). The average Bonchev–Trinajstić information content (AvgIpc) is 2.95. The summed E-state index contributed by atoms with van der Waals surface area (Å²) in [6.45, 7) is 8.82. The van der Waals surface area contributed by atoms with Gasteiger partial charge in [0.25, 0.3) is 0 Å². The van der Waals surface area contributed by atoms with Crippen molar-refractivity contribution in [2.45, 2.75) is 64.1 Å². The summed E-state index contributed by atoms with van der Waals surface area (Å²) in [7, 11) is 1.97. The van der Waals surface area contributed by atoms with Crippen molar-refractivity contribution in [2.24, 2.45) is 5.92 Å². The summed E-state index contributed by atoms with van der Waals surface area (Å²) in [6.07, 6.45) is 5.12. The molecule has 0 radical (unpaired) electrons. The second-order valence-electron chi connectivity index (χ2n) is 9.09. The van der Waals surface area contributed by atoms with Crippen LogP contribution in [-0.4, -0.2) is 73.7 Å². The lowest BCUT2D eigenvalue weighted by molar-refractivity contribution is -0.135. The van der Waals surface area contributed by atoms with E-state index in [0.29, 0.717) is 24.0 Å². The molecule has 0 aliphatic carbocycles. The van der Waals surface area contributed by atoms with E-state index in [1.54, 1.807) is 0 Å². The van der Waals surface area contributed by atoms with Gasteiger partial charge in [-0.15, -0.1) is 0 Å². The Morgan fingerprint density at radius 1 is 1.14 bits per heavy atom. The molecule has 5 heteroatoms. The lowest BCUT2D eigenvalue weighted by Crippen LogP contribution is -2.49. The van der Waals surface area contributed by atoms with Gasteiger partial charge in [-0.2, -0.15) is 0 Å². The Morgan fingerprint density at radius 3 is 2.55 bits per heavy atom. The van der Waals surface area contributed by atoms with Crippen LogP contribution in [0, 0.1) is 5.92 Å². The Kier molecular flexibility index (Phi) is 8.52. The number of carbonyl (C=O) groups excluding carboxylic acids is 1. The van der Waals surface area contributed by atoms with E-state index >= 15 is 0 Å². The Hall–Kier alpha value is -1.43. The molecule has 0 saturated carbocycles. The summed E-state index contributed by atoms with van der Waals surface area (Å²) in [6, 6.07) is 11.9. The SMILES string of the molecule is CC(C)N[C@H]1CC[C@@H](C(=O)N(C)CCc2ccccc2)CN(C2CCOCC2)C1. The van der Waals surface area contributed by atoms with E-state index in [1.807, 2.05) is 18.0 Å². The van der Waals surface area contributed by atoms with Gasteiger partial charge in [0.2, 0.25) is 5.91 Å². The van der Waals surface area contributed by atoms with Crippen LogP contribution in [0.4, 0.5) is 0 Å². The molecular formula is C24H39N3O2. The molecule has 5 nitrogen and oxygen atoms in total. The molecule has 162 valence electrons. The summed E-state index contributed by atoms with van der Waals surface area (Å²) in [5.74, 6) is 0.403. The first kappa shape index (κ1) is 22.3. The second-order valence-corrected chi connectivity index (χ2v) is 9.09. The molecule has 0 spiro atoms. The van der Waals surface area contributed by atoms with Crippen LogP contribution < -0.4 is 5.32 Å². The number of carbonyl (C=O) groups is 1. The van der Waals surface area contributed by atoms with Crippen molar-refractivity contribution in [3.8, 4) is 0 Å². The molecule has 1 amide bonds. The van der Waals surface area contributed by atoms with E-state index in [2.05, 4.69) is 48.3 Å². The fourth-order valence-electron chi connectivity index (χ4n) is 4.75. The smallest absolute Gasteiger partial charge is 0.226 e. The molecule has 2 aliphatic heterocycles. The fourth-order valence-corrected chi connectivity index (χ4v) is 4.75. The summed E-state index contributed by atoms with van der Waals surface area (Å²) in [5.41, 5.74) is 1.29. The highest BCUT2D eigenvalue weighted by Gasteiger charge is 2.33. The van der Waals surface area contributed by atoms with Gasteiger partial charge in [-0.3, -0.25) is 9.69 Å². The number of benzene rings is 1. The van der Waals surface area contributed by atoms with Gasteiger partial charge in [0, 0.05) is 58.0 Å². The van der Waals surface area contributed by atoms with Crippen LogP contribution in [0.25, 0.3) is 0 Å². The number of likely N-dealkylation sites (N-methyl/N-ethyl adjacent to an activating group) is 1. The molecule has 1 aromatic carbocycles. The number of likely N-dealkylation sites (tertiary alicyclic amines) is 1. The van der Waals surface area contributed by atoms with Gasteiger partial charge < -0.3 is 15.0 Å². The molecule has 0 bridgehead atoms. The Balaban J connectivity index is 1.62. The minimum Gasteiger partial charge on any atom is -0.381 e. The number of nitrogens with zero attached hydrogens (tertiary/aromatic N) is 2. The van der Waals surface area contributed by atoms with Gasteiger partial charge in [0.15, 0.2) is 0 Å². The highest BCUT2D eigenvalue weighted by Crippen LogP contribution is 2.24. The van der Waals surface area contributed by atoms with Crippen LogP contribution in [0.3, 0.4) is 0 Å².